The predicted octanol–water partition coefficient (Wildman–Crippen LogP) is 5.42. The first-order chi connectivity index (χ1) is 6.37. The molecule has 0 atom stereocenters. The zero-order valence-corrected chi connectivity index (χ0v) is 11.2. The van der Waals surface area contributed by atoms with Gasteiger partial charge >= 0.3 is 0 Å². The summed E-state index contributed by atoms with van der Waals surface area (Å²) in [5, 5.41) is 0. The smallest absolute Gasteiger partial charge is 0.0303 e. The number of rotatable bonds is 3. The molecule has 0 aromatic rings. The molecular formula is C14H30. The van der Waals surface area contributed by atoms with E-state index in [0.717, 1.165) is 0 Å². The lowest BCUT2D eigenvalue weighted by Crippen LogP contribution is -2.42. The second-order valence-corrected chi connectivity index (χ2v) is 5.97. The Morgan fingerprint density at radius 2 is 1.00 bits per heavy atom. The molecule has 1 fully saturated rings. The molecule has 0 aromatic carbocycles. The Kier molecular flexibility index (Phi) is 5.78. The summed E-state index contributed by atoms with van der Waals surface area (Å²) >= 11 is 0. The lowest BCUT2D eigenvalue weighted by atomic mass is 9.53. The fourth-order valence-corrected chi connectivity index (χ4v) is 1.62. The van der Waals surface area contributed by atoms with Crippen molar-refractivity contribution in [2.24, 2.45) is 10.8 Å². The SMILES string of the molecule is CC1(C)CCC1(C)C.CCCCCC. The standard InChI is InChI=1S/C8H16.C6H14/c1-7(2)5-6-8(7,3)4;1-3-5-6-4-2/h5-6H2,1-4H3;3-6H2,1-2H3. The third-order valence-corrected chi connectivity index (χ3v) is 4.16. The molecule has 0 heteroatoms. The number of hydrogen-bond donors (Lipinski definition) is 0. The van der Waals surface area contributed by atoms with Crippen LogP contribution in [0, 0.1) is 10.8 Å². The topological polar surface area (TPSA) is 0 Å². The van der Waals surface area contributed by atoms with Gasteiger partial charge in [-0.15, -0.1) is 0 Å². The first-order valence-corrected chi connectivity index (χ1v) is 6.37. The monoisotopic (exact) mass is 198 g/mol. The van der Waals surface area contributed by atoms with E-state index in [1.165, 1.54) is 38.5 Å². The van der Waals surface area contributed by atoms with Crippen molar-refractivity contribution in [3.63, 3.8) is 0 Å². The third-order valence-electron chi connectivity index (χ3n) is 4.16. The average Bonchev–Trinajstić information content (AvgIpc) is 2.14. The van der Waals surface area contributed by atoms with Crippen molar-refractivity contribution in [3.05, 3.63) is 0 Å². The molecule has 14 heavy (non-hydrogen) atoms. The van der Waals surface area contributed by atoms with Crippen LogP contribution in [0.5, 0.6) is 0 Å². The molecule has 0 N–H and O–H groups in total. The molecule has 0 saturated heterocycles. The van der Waals surface area contributed by atoms with Gasteiger partial charge in [-0.2, -0.15) is 0 Å². The van der Waals surface area contributed by atoms with Gasteiger partial charge in [-0.05, 0) is 23.7 Å². The molecule has 0 aliphatic heterocycles. The molecule has 0 nitrogen and oxygen atoms in total. The van der Waals surface area contributed by atoms with Crippen molar-refractivity contribution < 1.29 is 0 Å². The highest BCUT2D eigenvalue weighted by Gasteiger charge is 2.44. The molecule has 1 saturated carbocycles. The minimum atomic E-state index is 0.618. The van der Waals surface area contributed by atoms with E-state index in [0.29, 0.717) is 10.8 Å². The maximum absolute atomic E-state index is 2.36. The van der Waals surface area contributed by atoms with Crippen LogP contribution in [0.3, 0.4) is 0 Å². The quantitative estimate of drug-likeness (QED) is 0.531. The van der Waals surface area contributed by atoms with E-state index >= 15 is 0 Å². The second kappa shape index (κ2) is 5.78. The first kappa shape index (κ1) is 14.0. The van der Waals surface area contributed by atoms with Crippen molar-refractivity contribution in [2.45, 2.75) is 80.1 Å². The van der Waals surface area contributed by atoms with Crippen molar-refractivity contribution in [2.75, 3.05) is 0 Å². The molecule has 0 aromatic heterocycles. The molecule has 0 bridgehead atoms. The molecular weight excluding hydrogens is 168 g/mol. The maximum Gasteiger partial charge on any atom is -0.0303 e. The molecule has 1 aliphatic carbocycles. The zero-order chi connectivity index (χ0) is 11.2. The zero-order valence-electron chi connectivity index (χ0n) is 11.2. The second-order valence-electron chi connectivity index (χ2n) is 5.97. The summed E-state index contributed by atoms with van der Waals surface area (Å²) in [7, 11) is 0. The Hall–Kier alpha value is 0. The molecule has 0 heterocycles. The van der Waals surface area contributed by atoms with E-state index in [4.69, 9.17) is 0 Å². The Labute approximate surface area is 91.5 Å². The van der Waals surface area contributed by atoms with Gasteiger partial charge in [0.25, 0.3) is 0 Å². The summed E-state index contributed by atoms with van der Waals surface area (Å²) in [6.07, 6.45) is 8.37. The number of hydrogen-bond acceptors (Lipinski definition) is 0. The fraction of sp³-hybridized carbons (Fsp3) is 1.00. The van der Waals surface area contributed by atoms with Gasteiger partial charge < -0.3 is 0 Å². The van der Waals surface area contributed by atoms with Gasteiger partial charge in [0.1, 0.15) is 0 Å². The van der Waals surface area contributed by atoms with Gasteiger partial charge in [0.15, 0.2) is 0 Å². The molecule has 1 rings (SSSR count). The van der Waals surface area contributed by atoms with Gasteiger partial charge in [-0.1, -0.05) is 67.2 Å². The number of unbranched alkanes of at least 4 members (excludes halogenated alkanes) is 3. The maximum atomic E-state index is 2.36. The highest BCUT2D eigenvalue weighted by atomic mass is 14.5. The predicted molar refractivity (Wildman–Crippen MR) is 66.6 cm³/mol. The van der Waals surface area contributed by atoms with Crippen LogP contribution in [-0.4, -0.2) is 0 Å². The molecule has 0 spiro atoms. The summed E-state index contributed by atoms with van der Waals surface area (Å²) in [6.45, 7) is 13.9. The van der Waals surface area contributed by atoms with Crippen LogP contribution in [0.15, 0.2) is 0 Å². The van der Waals surface area contributed by atoms with Crippen LogP contribution in [0.25, 0.3) is 0 Å². The summed E-state index contributed by atoms with van der Waals surface area (Å²) in [6, 6.07) is 0. The van der Waals surface area contributed by atoms with Gasteiger partial charge in [0, 0.05) is 0 Å². The van der Waals surface area contributed by atoms with Gasteiger partial charge in [-0.25, -0.2) is 0 Å². The minimum absolute atomic E-state index is 0.618. The molecule has 1 aliphatic rings. The van der Waals surface area contributed by atoms with Crippen molar-refractivity contribution in [3.8, 4) is 0 Å². The van der Waals surface area contributed by atoms with E-state index in [2.05, 4.69) is 41.5 Å². The highest BCUT2D eigenvalue weighted by molar-refractivity contribution is 4.95. The van der Waals surface area contributed by atoms with E-state index in [9.17, 15) is 0 Å². The minimum Gasteiger partial charge on any atom is -0.0654 e. The average molecular weight is 198 g/mol. The van der Waals surface area contributed by atoms with Crippen LogP contribution in [-0.2, 0) is 0 Å². The first-order valence-electron chi connectivity index (χ1n) is 6.37. The Morgan fingerprint density at radius 1 is 0.714 bits per heavy atom. The van der Waals surface area contributed by atoms with E-state index in [1.54, 1.807) is 0 Å². The van der Waals surface area contributed by atoms with Crippen LogP contribution < -0.4 is 0 Å². The van der Waals surface area contributed by atoms with E-state index < -0.39 is 0 Å². The van der Waals surface area contributed by atoms with E-state index in [1.807, 2.05) is 0 Å². The Balaban J connectivity index is 0.000000255. The van der Waals surface area contributed by atoms with Crippen molar-refractivity contribution in [1.82, 2.24) is 0 Å². The molecule has 0 unspecified atom stereocenters. The molecule has 86 valence electrons. The summed E-state index contributed by atoms with van der Waals surface area (Å²) in [5.41, 5.74) is 1.24. The lowest BCUT2D eigenvalue weighted by molar-refractivity contribution is -0.0164. The van der Waals surface area contributed by atoms with Crippen LogP contribution in [0.1, 0.15) is 80.1 Å². The summed E-state index contributed by atoms with van der Waals surface area (Å²) in [5.74, 6) is 0. The Morgan fingerprint density at radius 3 is 1.07 bits per heavy atom. The summed E-state index contributed by atoms with van der Waals surface area (Å²) in [4.78, 5) is 0. The largest absolute Gasteiger partial charge is 0.0654 e. The van der Waals surface area contributed by atoms with Gasteiger partial charge in [-0.3, -0.25) is 0 Å². The highest BCUT2D eigenvalue weighted by Crippen LogP contribution is 2.55. The van der Waals surface area contributed by atoms with Gasteiger partial charge in [0.05, 0.1) is 0 Å². The lowest BCUT2D eigenvalue weighted by Gasteiger charge is -2.52. The molecule has 0 amide bonds. The Bertz CT molecular complexity index is 124. The van der Waals surface area contributed by atoms with Crippen LogP contribution in [0.2, 0.25) is 0 Å². The summed E-state index contributed by atoms with van der Waals surface area (Å²) < 4.78 is 0. The molecule has 0 radical (unpaired) electrons. The van der Waals surface area contributed by atoms with Crippen LogP contribution >= 0.6 is 0 Å². The third kappa shape index (κ3) is 4.02. The fourth-order valence-electron chi connectivity index (χ4n) is 1.62. The normalized spacial score (nSPS) is 21.9. The van der Waals surface area contributed by atoms with Crippen molar-refractivity contribution >= 4 is 0 Å². The van der Waals surface area contributed by atoms with E-state index in [-0.39, 0.29) is 0 Å². The van der Waals surface area contributed by atoms with Crippen molar-refractivity contribution in [1.29, 1.82) is 0 Å². The van der Waals surface area contributed by atoms with Gasteiger partial charge in [0.2, 0.25) is 0 Å². The van der Waals surface area contributed by atoms with Crippen LogP contribution in [0.4, 0.5) is 0 Å².